The van der Waals surface area contributed by atoms with Gasteiger partial charge in [-0.2, -0.15) is 0 Å². The van der Waals surface area contributed by atoms with Crippen LogP contribution >= 0.6 is 11.8 Å². The number of likely N-dealkylation sites (tertiary alicyclic amines) is 1. The fourth-order valence-electron chi connectivity index (χ4n) is 3.67. The lowest BCUT2D eigenvalue weighted by molar-refractivity contribution is -0.113. The molecule has 1 spiro atoms. The third kappa shape index (κ3) is 4.79. The molecular formula is C23H25FN4OS. The molecule has 0 bridgehead atoms. The summed E-state index contributed by atoms with van der Waals surface area (Å²) in [6, 6.07) is 14.0. The first-order valence-corrected chi connectivity index (χ1v) is 11.0. The van der Waals surface area contributed by atoms with Gasteiger partial charge in [0, 0.05) is 37.2 Å². The number of rotatable bonds is 4. The van der Waals surface area contributed by atoms with Crippen LogP contribution < -0.4 is 5.32 Å². The van der Waals surface area contributed by atoms with Crippen molar-refractivity contribution in [2.24, 2.45) is 9.98 Å². The van der Waals surface area contributed by atoms with Crippen LogP contribution in [0.4, 0.5) is 10.1 Å². The van der Waals surface area contributed by atoms with Gasteiger partial charge in [0.2, 0.25) is 5.91 Å². The summed E-state index contributed by atoms with van der Waals surface area (Å²) in [5.41, 5.74) is 3.00. The SMILES string of the molecule is Cc1cccc(NC(=O)CSC2=NC3(CCN(C)CC3)N=C2c2ccc(F)cc2)c1. The van der Waals surface area contributed by atoms with Crippen molar-refractivity contribution in [3.63, 3.8) is 0 Å². The molecule has 0 radical (unpaired) electrons. The number of carbonyl (C=O) groups excluding carboxylic acids is 1. The highest BCUT2D eigenvalue weighted by atomic mass is 32.2. The molecule has 1 amide bonds. The van der Waals surface area contributed by atoms with Crippen LogP contribution in [0.5, 0.6) is 0 Å². The molecule has 1 saturated heterocycles. The number of piperidine rings is 1. The first kappa shape index (κ1) is 20.8. The van der Waals surface area contributed by atoms with Crippen molar-refractivity contribution in [1.29, 1.82) is 0 Å². The minimum atomic E-state index is -0.467. The van der Waals surface area contributed by atoms with Crippen molar-refractivity contribution >= 4 is 34.1 Å². The summed E-state index contributed by atoms with van der Waals surface area (Å²) in [4.78, 5) is 24.7. The monoisotopic (exact) mass is 424 g/mol. The van der Waals surface area contributed by atoms with E-state index in [1.54, 1.807) is 12.1 Å². The van der Waals surface area contributed by atoms with E-state index >= 15 is 0 Å². The first-order valence-electron chi connectivity index (χ1n) is 10.1. The zero-order valence-corrected chi connectivity index (χ0v) is 18.0. The lowest BCUT2D eigenvalue weighted by Crippen LogP contribution is -2.39. The van der Waals surface area contributed by atoms with Gasteiger partial charge < -0.3 is 10.2 Å². The van der Waals surface area contributed by atoms with E-state index < -0.39 is 5.66 Å². The number of halogens is 1. The van der Waals surface area contributed by atoms with Gasteiger partial charge in [0.05, 0.1) is 11.5 Å². The number of aliphatic imine (C=N–C) groups is 2. The van der Waals surface area contributed by atoms with Crippen LogP contribution in [0.15, 0.2) is 58.5 Å². The molecule has 2 aromatic rings. The Morgan fingerprint density at radius 1 is 1.17 bits per heavy atom. The maximum Gasteiger partial charge on any atom is 0.234 e. The van der Waals surface area contributed by atoms with E-state index in [1.807, 2.05) is 31.2 Å². The standard InChI is InChI=1S/C23H25FN4OS/c1-16-4-3-5-19(14-16)25-20(29)15-30-22-21(17-6-8-18(24)9-7-17)26-23(27-22)10-12-28(2)13-11-23/h3-9,14H,10-13,15H2,1-2H3,(H,25,29). The largest absolute Gasteiger partial charge is 0.325 e. The summed E-state index contributed by atoms with van der Waals surface area (Å²) in [6.07, 6.45) is 1.68. The number of amides is 1. The van der Waals surface area contributed by atoms with Crippen LogP contribution in [0.1, 0.15) is 24.0 Å². The molecule has 156 valence electrons. The molecule has 30 heavy (non-hydrogen) atoms. The second kappa shape index (κ2) is 8.70. The Morgan fingerprint density at radius 3 is 2.60 bits per heavy atom. The minimum absolute atomic E-state index is 0.0870. The van der Waals surface area contributed by atoms with Crippen molar-refractivity contribution in [1.82, 2.24) is 4.90 Å². The number of aryl methyl sites for hydroxylation is 1. The predicted octanol–water partition coefficient (Wildman–Crippen LogP) is 4.13. The summed E-state index contributed by atoms with van der Waals surface area (Å²) >= 11 is 1.39. The summed E-state index contributed by atoms with van der Waals surface area (Å²) < 4.78 is 13.4. The van der Waals surface area contributed by atoms with E-state index in [2.05, 4.69) is 17.3 Å². The number of anilines is 1. The molecule has 2 aromatic carbocycles. The molecule has 1 N–H and O–H groups in total. The maximum absolute atomic E-state index is 13.4. The van der Waals surface area contributed by atoms with Gasteiger partial charge in [-0.3, -0.25) is 9.79 Å². The molecule has 0 saturated carbocycles. The molecule has 2 aliphatic heterocycles. The normalized spacial score (nSPS) is 18.2. The average molecular weight is 425 g/mol. The highest BCUT2D eigenvalue weighted by Gasteiger charge is 2.39. The van der Waals surface area contributed by atoms with E-state index in [0.717, 1.165) is 53.5 Å². The van der Waals surface area contributed by atoms with Gasteiger partial charge in [-0.15, -0.1) is 0 Å². The van der Waals surface area contributed by atoms with E-state index in [9.17, 15) is 9.18 Å². The Kier molecular flexibility index (Phi) is 6.01. The van der Waals surface area contributed by atoms with E-state index in [1.165, 1.54) is 23.9 Å². The van der Waals surface area contributed by atoms with Gasteiger partial charge in [0.25, 0.3) is 0 Å². The molecular weight excluding hydrogens is 399 g/mol. The van der Waals surface area contributed by atoms with E-state index in [0.29, 0.717) is 0 Å². The van der Waals surface area contributed by atoms with Crippen molar-refractivity contribution < 1.29 is 9.18 Å². The predicted molar refractivity (Wildman–Crippen MR) is 122 cm³/mol. The highest BCUT2D eigenvalue weighted by molar-refractivity contribution is 8.16. The van der Waals surface area contributed by atoms with Gasteiger partial charge in [-0.05, 0) is 55.9 Å². The molecule has 0 aromatic heterocycles. The number of thioether (sulfide) groups is 1. The number of nitrogens with one attached hydrogen (secondary N) is 1. The van der Waals surface area contributed by atoms with E-state index in [4.69, 9.17) is 9.98 Å². The molecule has 1 fully saturated rings. The molecule has 7 heteroatoms. The van der Waals surface area contributed by atoms with Gasteiger partial charge in [0.15, 0.2) is 5.66 Å². The summed E-state index contributed by atoms with van der Waals surface area (Å²) in [5, 5.41) is 3.69. The van der Waals surface area contributed by atoms with Crippen molar-refractivity contribution in [2.75, 3.05) is 31.2 Å². The summed E-state index contributed by atoms with van der Waals surface area (Å²) in [5.74, 6) is -0.130. The quantitative estimate of drug-likeness (QED) is 0.803. The van der Waals surface area contributed by atoms with Crippen LogP contribution in [-0.2, 0) is 4.79 Å². The van der Waals surface area contributed by atoms with Crippen molar-refractivity contribution in [3.8, 4) is 0 Å². The molecule has 2 heterocycles. The fourth-order valence-corrected chi connectivity index (χ4v) is 4.55. The smallest absolute Gasteiger partial charge is 0.234 e. The number of carbonyl (C=O) groups is 1. The first-order chi connectivity index (χ1) is 14.4. The molecule has 5 nitrogen and oxygen atoms in total. The Hall–Kier alpha value is -2.51. The minimum Gasteiger partial charge on any atom is -0.325 e. The lowest BCUT2D eigenvalue weighted by atomic mass is 9.99. The molecule has 2 aliphatic rings. The van der Waals surface area contributed by atoms with Crippen LogP contribution in [0.2, 0.25) is 0 Å². The second-order valence-electron chi connectivity index (χ2n) is 7.88. The third-order valence-corrected chi connectivity index (χ3v) is 6.34. The van der Waals surface area contributed by atoms with Gasteiger partial charge >= 0.3 is 0 Å². The Bertz CT molecular complexity index is 995. The van der Waals surface area contributed by atoms with Crippen LogP contribution in [0, 0.1) is 12.7 Å². The highest BCUT2D eigenvalue weighted by Crippen LogP contribution is 2.35. The Balaban J connectivity index is 1.51. The Labute approximate surface area is 180 Å². The lowest BCUT2D eigenvalue weighted by Gasteiger charge is -2.33. The van der Waals surface area contributed by atoms with Gasteiger partial charge in [-0.25, -0.2) is 9.38 Å². The average Bonchev–Trinajstić information content (AvgIpc) is 3.08. The maximum atomic E-state index is 13.4. The number of hydrogen-bond acceptors (Lipinski definition) is 5. The number of hydrogen-bond donors (Lipinski definition) is 1. The molecule has 0 unspecified atom stereocenters. The summed E-state index contributed by atoms with van der Waals surface area (Å²) in [7, 11) is 2.10. The van der Waals surface area contributed by atoms with Crippen LogP contribution in [0.3, 0.4) is 0 Å². The van der Waals surface area contributed by atoms with E-state index in [-0.39, 0.29) is 17.5 Å². The molecule has 4 rings (SSSR count). The van der Waals surface area contributed by atoms with Crippen molar-refractivity contribution in [2.45, 2.75) is 25.4 Å². The number of nitrogens with zero attached hydrogens (tertiary/aromatic N) is 3. The second-order valence-corrected chi connectivity index (χ2v) is 8.84. The van der Waals surface area contributed by atoms with Crippen LogP contribution in [-0.4, -0.2) is 53.1 Å². The zero-order valence-electron chi connectivity index (χ0n) is 17.2. The zero-order chi connectivity index (χ0) is 21.1. The van der Waals surface area contributed by atoms with Gasteiger partial charge in [0.1, 0.15) is 10.9 Å². The molecule has 0 atom stereocenters. The van der Waals surface area contributed by atoms with Crippen LogP contribution in [0.25, 0.3) is 0 Å². The summed E-state index contributed by atoms with van der Waals surface area (Å²) in [6.45, 7) is 3.84. The topological polar surface area (TPSA) is 57.1 Å². The molecule has 0 aliphatic carbocycles. The third-order valence-electron chi connectivity index (χ3n) is 5.38. The number of benzene rings is 2. The fraction of sp³-hybridized carbons (Fsp3) is 0.348. The van der Waals surface area contributed by atoms with Gasteiger partial charge in [-0.1, -0.05) is 23.9 Å². The van der Waals surface area contributed by atoms with Crippen molar-refractivity contribution in [3.05, 3.63) is 65.5 Å². The Morgan fingerprint density at radius 2 is 1.90 bits per heavy atom.